The van der Waals surface area contributed by atoms with Gasteiger partial charge in [-0.2, -0.15) is 0 Å². The molecule has 0 heterocycles. The van der Waals surface area contributed by atoms with Crippen LogP contribution in [0.3, 0.4) is 0 Å². The predicted octanol–water partition coefficient (Wildman–Crippen LogP) is 4.68. The number of anilines is 1. The molecule has 0 N–H and O–H groups in total. The normalized spacial score (nSPS) is 14.3. The number of fused-ring (bicyclic) bond motifs is 1. The smallest absolute Gasteiger partial charge is 0.0487 e. The van der Waals surface area contributed by atoms with E-state index < -0.39 is 0 Å². The van der Waals surface area contributed by atoms with E-state index in [2.05, 4.69) is 84.8 Å². The zero-order chi connectivity index (χ0) is 13.1. The third-order valence-corrected chi connectivity index (χ3v) is 3.48. The summed E-state index contributed by atoms with van der Waals surface area (Å²) in [5.74, 6) is 0. The van der Waals surface area contributed by atoms with E-state index in [1.807, 2.05) is 0 Å². The summed E-state index contributed by atoms with van der Waals surface area (Å²) in [6.07, 6.45) is 11.8. The highest BCUT2D eigenvalue weighted by molar-refractivity contribution is 5.95. The molecule has 2 aromatic rings. The molecule has 1 aliphatic rings. The van der Waals surface area contributed by atoms with Crippen molar-refractivity contribution >= 4 is 16.5 Å². The maximum atomic E-state index is 2.24. The topological polar surface area (TPSA) is 3.24 Å². The van der Waals surface area contributed by atoms with Gasteiger partial charge in [-0.25, -0.2) is 0 Å². The van der Waals surface area contributed by atoms with Crippen LogP contribution in [0.4, 0.5) is 5.69 Å². The minimum atomic E-state index is 1.00. The van der Waals surface area contributed by atoms with Crippen LogP contribution in [0.25, 0.3) is 10.8 Å². The molecule has 0 bridgehead atoms. The van der Waals surface area contributed by atoms with Gasteiger partial charge in [0.15, 0.2) is 0 Å². The summed E-state index contributed by atoms with van der Waals surface area (Å²) >= 11 is 0. The standard InChI is InChI=1S/C18H17N/c1-19(16-11-4-2-3-5-12-16)18-14-8-10-15-9-6-7-13-17(15)18/h2,4-14H,3H2,1H3. The molecule has 2 aromatic carbocycles. The second kappa shape index (κ2) is 5.15. The van der Waals surface area contributed by atoms with Crippen LogP contribution >= 0.6 is 0 Å². The van der Waals surface area contributed by atoms with E-state index >= 15 is 0 Å². The van der Waals surface area contributed by atoms with Gasteiger partial charge in [-0.3, -0.25) is 0 Å². The van der Waals surface area contributed by atoms with Gasteiger partial charge in [-0.15, -0.1) is 0 Å². The summed E-state index contributed by atoms with van der Waals surface area (Å²) in [5.41, 5.74) is 2.45. The molecule has 0 saturated carbocycles. The Bertz CT molecular complexity index is 672. The molecular formula is C18H17N. The molecule has 0 atom stereocenters. The fraction of sp³-hybridized carbons (Fsp3) is 0.111. The number of hydrogen-bond donors (Lipinski definition) is 0. The van der Waals surface area contributed by atoms with Crippen molar-refractivity contribution in [3.8, 4) is 0 Å². The maximum absolute atomic E-state index is 2.24. The second-order valence-electron chi connectivity index (χ2n) is 4.72. The van der Waals surface area contributed by atoms with E-state index in [0.717, 1.165) is 6.42 Å². The number of benzene rings is 2. The molecule has 0 unspecified atom stereocenters. The molecule has 1 heteroatoms. The van der Waals surface area contributed by atoms with Crippen molar-refractivity contribution in [3.05, 3.63) is 78.5 Å². The number of allylic oxidation sites excluding steroid dienone is 5. The number of likely N-dealkylation sites (N-methyl/N-ethyl adjacent to an activating group) is 1. The monoisotopic (exact) mass is 247 g/mol. The Kier molecular flexibility index (Phi) is 3.20. The van der Waals surface area contributed by atoms with Crippen LogP contribution in [0, 0.1) is 0 Å². The first-order valence-electron chi connectivity index (χ1n) is 6.61. The minimum Gasteiger partial charge on any atom is -0.344 e. The Balaban J connectivity index is 2.09. The highest BCUT2D eigenvalue weighted by Gasteiger charge is 2.08. The lowest BCUT2D eigenvalue weighted by atomic mass is 10.1. The summed E-state index contributed by atoms with van der Waals surface area (Å²) in [4.78, 5) is 2.24. The molecule has 1 aliphatic carbocycles. The summed E-state index contributed by atoms with van der Waals surface area (Å²) in [6.45, 7) is 0. The zero-order valence-electron chi connectivity index (χ0n) is 11.1. The lowest BCUT2D eigenvalue weighted by Gasteiger charge is -2.22. The molecular weight excluding hydrogens is 230 g/mol. The minimum absolute atomic E-state index is 1.00. The van der Waals surface area contributed by atoms with E-state index in [1.54, 1.807) is 0 Å². The fourth-order valence-corrected chi connectivity index (χ4v) is 2.43. The van der Waals surface area contributed by atoms with Crippen LogP contribution in [0.2, 0.25) is 0 Å². The summed E-state index contributed by atoms with van der Waals surface area (Å²) in [5, 5.41) is 2.57. The molecule has 0 spiro atoms. The first kappa shape index (κ1) is 11.8. The van der Waals surface area contributed by atoms with Gasteiger partial charge in [0.1, 0.15) is 0 Å². The number of nitrogens with zero attached hydrogens (tertiary/aromatic N) is 1. The number of rotatable bonds is 2. The first-order valence-corrected chi connectivity index (χ1v) is 6.61. The van der Waals surface area contributed by atoms with Gasteiger partial charge in [0, 0.05) is 23.8 Å². The fourth-order valence-electron chi connectivity index (χ4n) is 2.43. The molecule has 0 saturated heterocycles. The lowest BCUT2D eigenvalue weighted by Crippen LogP contribution is -2.15. The SMILES string of the molecule is CN(C1=CC=CCC=C1)c1cccc2ccccc12. The summed E-state index contributed by atoms with van der Waals surface area (Å²) < 4.78 is 0. The van der Waals surface area contributed by atoms with Crippen molar-refractivity contribution in [3.63, 3.8) is 0 Å². The number of hydrogen-bond acceptors (Lipinski definition) is 1. The van der Waals surface area contributed by atoms with Gasteiger partial charge >= 0.3 is 0 Å². The molecule has 0 aliphatic heterocycles. The second-order valence-corrected chi connectivity index (χ2v) is 4.72. The molecule has 0 radical (unpaired) electrons. The maximum Gasteiger partial charge on any atom is 0.0487 e. The average molecular weight is 247 g/mol. The van der Waals surface area contributed by atoms with Crippen LogP contribution < -0.4 is 4.90 Å². The Labute approximate surface area is 114 Å². The molecule has 94 valence electrons. The van der Waals surface area contributed by atoms with Crippen molar-refractivity contribution in [1.82, 2.24) is 0 Å². The van der Waals surface area contributed by atoms with Crippen molar-refractivity contribution in [2.24, 2.45) is 0 Å². The molecule has 0 aromatic heterocycles. The molecule has 19 heavy (non-hydrogen) atoms. The predicted molar refractivity (Wildman–Crippen MR) is 83.3 cm³/mol. The Morgan fingerprint density at radius 3 is 2.74 bits per heavy atom. The van der Waals surface area contributed by atoms with Gasteiger partial charge < -0.3 is 4.90 Å². The largest absolute Gasteiger partial charge is 0.344 e. The Hall–Kier alpha value is -2.28. The van der Waals surface area contributed by atoms with Gasteiger partial charge in [0.2, 0.25) is 0 Å². The van der Waals surface area contributed by atoms with Gasteiger partial charge in [0.25, 0.3) is 0 Å². The van der Waals surface area contributed by atoms with Crippen LogP contribution in [0.1, 0.15) is 6.42 Å². The summed E-state index contributed by atoms with van der Waals surface area (Å²) in [6, 6.07) is 15.0. The quantitative estimate of drug-likeness (QED) is 0.745. The van der Waals surface area contributed by atoms with Crippen LogP contribution in [0.5, 0.6) is 0 Å². The van der Waals surface area contributed by atoms with E-state index in [4.69, 9.17) is 0 Å². The van der Waals surface area contributed by atoms with Gasteiger partial charge in [-0.05, 0) is 30.0 Å². The van der Waals surface area contributed by atoms with E-state index in [-0.39, 0.29) is 0 Å². The molecule has 0 fully saturated rings. The van der Waals surface area contributed by atoms with Crippen molar-refractivity contribution in [1.29, 1.82) is 0 Å². The van der Waals surface area contributed by atoms with Crippen LogP contribution in [-0.2, 0) is 0 Å². The van der Waals surface area contributed by atoms with Crippen molar-refractivity contribution in [2.75, 3.05) is 11.9 Å². The third kappa shape index (κ3) is 2.32. The lowest BCUT2D eigenvalue weighted by molar-refractivity contribution is 1.15. The van der Waals surface area contributed by atoms with Gasteiger partial charge in [-0.1, -0.05) is 54.6 Å². The van der Waals surface area contributed by atoms with Crippen molar-refractivity contribution in [2.45, 2.75) is 6.42 Å². The Morgan fingerprint density at radius 2 is 1.79 bits per heavy atom. The van der Waals surface area contributed by atoms with Gasteiger partial charge in [0.05, 0.1) is 0 Å². The average Bonchev–Trinajstić information content (AvgIpc) is 2.75. The first-order chi connectivity index (χ1) is 9.36. The summed E-state index contributed by atoms with van der Waals surface area (Å²) in [7, 11) is 2.12. The Morgan fingerprint density at radius 1 is 0.947 bits per heavy atom. The third-order valence-electron chi connectivity index (χ3n) is 3.48. The van der Waals surface area contributed by atoms with Crippen LogP contribution in [-0.4, -0.2) is 7.05 Å². The highest BCUT2D eigenvalue weighted by Crippen LogP contribution is 2.28. The molecule has 0 amide bonds. The van der Waals surface area contributed by atoms with E-state index in [1.165, 1.54) is 22.2 Å². The zero-order valence-corrected chi connectivity index (χ0v) is 11.1. The van der Waals surface area contributed by atoms with Crippen LogP contribution in [0.15, 0.2) is 78.5 Å². The van der Waals surface area contributed by atoms with E-state index in [0.29, 0.717) is 0 Å². The highest BCUT2D eigenvalue weighted by atomic mass is 15.1. The molecule has 3 rings (SSSR count). The van der Waals surface area contributed by atoms with E-state index in [9.17, 15) is 0 Å². The van der Waals surface area contributed by atoms with Crippen molar-refractivity contribution < 1.29 is 0 Å². The molecule has 1 nitrogen and oxygen atoms in total.